The Kier molecular flexibility index (Phi) is 5.16. The number of halogens is 4. The van der Waals surface area contributed by atoms with Crippen LogP contribution in [0.3, 0.4) is 0 Å². The van der Waals surface area contributed by atoms with E-state index in [4.69, 9.17) is 5.73 Å². The summed E-state index contributed by atoms with van der Waals surface area (Å²) in [6, 6.07) is 9.97. The molecule has 0 bridgehead atoms. The van der Waals surface area contributed by atoms with Gasteiger partial charge in [-0.1, -0.05) is 0 Å². The Morgan fingerprint density at radius 3 is 2.26 bits per heavy atom. The van der Waals surface area contributed by atoms with E-state index < -0.39 is 29.2 Å². The number of carbonyl (C=O) groups is 1. The van der Waals surface area contributed by atoms with Crippen molar-refractivity contribution in [2.45, 2.75) is 0 Å². The van der Waals surface area contributed by atoms with Crippen molar-refractivity contribution in [2.24, 2.45) is 5.73 Å². The molecular weight excluding hydrogens is 412 g/mol. The first-order valence-corrected chi connectivity index (χ1v) is 8.88. The van der Waals surface area contributed by atoms with Crippen molar-refractivity contribution in [1.29, 1.82) is 0 Å². The lowest BCUT2D eigenvalue weighted by atomic mass is 9.96. The highest BCUT2D eigenvalue weighted by atomic mass is 19.1. The molecule has 0 fully saturated rings. The normalized spacial score (nSPS) is 10.8. The Labute approximate surface area is 173 Å². The number of amides is 1. The third-order valence-corrected chi connectivity index (χ3v) is 4.53. The second kappa shape index (κ2) is 7.94. The standard InChI is InChI=1S/C22H12F4N4O/c23-12-2-4-14(21(27)31)16(8-12)17-7-11(1-6-18(17)25)20-10-28-30-22(29-20)15-5-3-13(24)9-19(15)26/h1-10H,(H2,27,31). The van der Waals surface area contributed by atoms with Crippen molar-refractivity contribution >= 4 is 5.91 Å². The number of hydrogen-bond donors (Lipinski definition) is 1. The van der Waals surface area contributed by atoms with Gasteiger partial charge < -0.3 is 5.73 Å². The number of primary amides is 1. The molecule has 0 saturated heterocycles. The highest BCUT2D eigenvalue weighted by Gasteiger charge is 2.17. The zero-order valence-corrected chi connectivity index (χ0v) is 15.6. The molecule has 4 aromatic rings. The molecule has 1 heterocycles. The average molecular weight is 424 g/mol. The van der Waals surface area contributed by atoms with Gasteiger partial charge in [-0.25, -0.2) is 22.5 Å². The van der Waals surface area contributed by atoms with Gasteiger partial charge in [0, 0.05) is 28.3 Å². The van der Waals surface area contributed by atoms with Crippen molar-refractivity contribution < 1.29 is 22.4 Å². The van der Waals surface area contributed by atoms with Crippen LogP contribution in [0.5, 0.6) is 0 Å². The first kappa shape index (κ1) is 20.1. The van der Waals surface area contributed by atoms with Gasteiger partial charge in [0.2, 0.25) is 5.91 Å². The van der Waals surface area contributed by atoms with Gasteiger partial charge in [0.1, 0.15) is 23.3 Å². The van der Waals surface area contributed by atoms with Crippen molar-refractivity contribution in [1.82, 2.24) is 15.2 Å². The Hall–Kier alpha value is -4.14. The second-order valence-corrected chi connectivity index (χ2v) is 6.54. The third kappa shape index (κ3) is 3.97. The van der Waals surface area contributed by atoms with Crippen LogP contribution in [0.2, 0.25) is 0 Å². The van der Waals surface area contributed by atoms with Crippen LogP contribution in [-0.2, 0) is 0 Å². The molecule has 4 rings (SSSR count). The Morgan fingerprint density at radius 2 is 1.52 bits per heavy atom. The van der Waals surface area contributed by atoms with E-state index in [-0.39, 0.29) is 33.8 Å². The maximum atomic E-state index is 14.6. The lowest BCUT2D eigenvalue weighted by molar-refractivity contribution is 0.100. The molecule has 0 aliphatic carbocycles. The van der Waals surface area contributed by atoms with Crippen LogP contribution in [0.25, 0.3) is 33.8 Å². The molecular formula is C22H12F4N4O. The number of hydrogen-bond acceptors (Lipinski definition) is 4. The summed E-state index contributed by atoms with van der Waals surface area (Å²) in [7, 11) is 0. The molecule has 1 aromatic heterocycles. The van der Waals surface area contributed by atoms with Crippen molar-refractivity contribution in [3.8, 4) is 33.8 Å². The zero-order valence-electron chi connectivity index (χ0n) is 15.6. The SMILES string of the molecule is NC(=O)c1ccc(F)cc1-c1cc(-c2cnnc(-c3ccc(F)cc3F)n2)ccc1F. The molecule has 0 aliphatic heterocycles. The minimum Gasteiger partial charge on any atom is -0.366 e. The fourth-order valence-electron chi connectivity index (χ4n) is 3.07. The first-order valence-electron chi connectivity index (χ1n) is 8.88. The molecule has 3 aromatic carbocycles. The van der Waals surface area contributed by atoms with Crippen molar-refractivity contribution in [3.63, 3.8) is 0 Å². The first-order chi connectivity index (χ1) is 14.8. The summed E-state index contributed by atoms with van der Waals surface area (Å²) in [4.78, 5) is 15.9. The monoisotopic (exact) mass is 424 g/mol. The molecule has 0 unspecified atom stereocenters. The van der Waals surface area contributed by atoms with Crippen LogP contribution in [0.1, 0.15) is 10.4 Å². The summed E-state index contributed by atoms with van der Waals surface area (Å²) in [5, 5.41) is 7.55. The summed E-state index contributed by atoms with van der Waals surface area (Å²) < 4.78 is 55.6. The molecule has 5 nitrogen and oxygen atoms in total. The lowest BCUT2D eigenvalue weighted by Crippen LogP contribution is -2.12. The fraction of sp³-hybridized carbons (Fsp3) is 0. The maximum Gasteiger partial charge on any atom is 0.249 e. The van der Waals surface area contributed by atoms with Crippen molar-refractivity contribution in [3.05, 3.63) is 89.6 Å². The van der Waals surface area contributed by atoms with Crippen molar-refractivity contribution in [2.75, 3.05) is 0 Å². The maximum absolute atomic E-state index is 14.6. The molecule has 154 valence electrons. The summed E-state index contributed by atoms with van der Waals surface area (Å²) in [5.41, 5.74) is 5.63. The van der Waals surface area contributed by atoms with E-state index in [0.717, 1.165) is 24.3 Å². The van der Waals surface area contributed by atoms with E-state index in [1.807, 2.05) is 0 Å². The number of aromatic nitrogens is 3. The van der Waals surface area contributed by atoms with E-state index in [0.29, 0.717) is 11.6 Å². The second-order valence-electron chi connectivity index (χ2n) is 6.54. The van der Waals surface area contributed by atoms with Crippen LogP contribution >= 0.6 is 0 Å². The van der Waals surface area contributed by atoms with E-state index in [1.165, 1.54) is 30.5 Å². The van der Waals surface area contributed by atoms with Gasteiger partial charge in [-0.2, -0.15) is 5.10 Å². The highest BCUT2D eigenvalue weighted by Crippen LogP contribution is 2.31. The minimum atomic E-state index is -0.871. The topological polar surface area (TPSA) is 81.8 Å². The van der Waals surface area contributed by atoms with Gasteiger partial charge in [-0.15, -0.1) is 5.10 Å². The van der Waals surface area contributed by atoms with E-state index in [1.54, 1.807) is 0 Å². The van der Waals surface area contributed by atoms with E-state index >= 15 is 0 Å². The van der Waals surface area contributed by atoms with E-state index in [9.17, 15) is 22.4 Å². The van der Waals surface area contributed by atoms with Crippen LogP contribution < -0.4 is 5.73 Å². The molecule has 1 amide bonds. The molecule has 0 spiro atoms. The highest BCUT2D eigenvalue weighted by molar-refractivity contribution is 6.00. The van der Waals surface area contributed by atoms with Crippen LogP contribution in [0.4, 0.5) is 17.6 Å². The average Bonchev–Trinajstić information content (AvgIpc) is 2.74. The number of nitrogens with two attached hydrogens (primary N) is 1. The third-order valence-electron chi connectivity index (χ3n) is 4.53. The molecule has 0 saturated carbocycles. The summed E-state index contributed by atoms with van der Waals surface area (Å²) in [6.45, 7) is 0. The summed E-state index contributed by atoms with van der Waals surface area (Å²) in [5.74, 6) is -3.98. The Balaban J connectivity index is 1.84. The van der Waals surface area contributed by atoms with Crippen LogP contribution in [0, 0.1) is 23.3 Å². The van der Waals surface area contributed by atoms with Gasteiger partial charge in [0.25, 0.3) is 0 Å². The predicted molar refractivity (Wildman–Crippen MR) is 104 cm³/mol. The molecule has 0 aliphatic rings. The van der Waals surface area contributed by atoms with Gasteiger partial charge in [0.05, 0.1) is 17.5 Å². The number of benzene rings is 3. The quantitative estimate of drug-likeness (QED) is 0.488. The van der Waals surface area contributed by atoms with Gasteiger partial charge in [-0.3, -0.25) is 4.79 Å². The zero-order chi connectivity index (χ0) is 22.1. The minimum absolute atomic E-state index is 0.0290. The van der Waals surface area contributed by atoms with E-state index in [2.05, 4.69) is 15.2 Å². The lowest BCUT2D eigenvalue weighted by Gasteiger charge is -2.11. The summed E-state index contributed by atoms with van der Waals surface area (Å²) in [6.07, 6.45) is 1.27. The number of carbonyl (C=O) groups excluding carboxylic acids is 1. The fourth-order valence-corrected chi connectivity index (χ4v) is 3.07. The predicted octanol–water partition coefficient (Wildman–Crippen LogP) is 4.53. The Morgan fingerprint density at radius 1 is 0.774 bits per heavy atom. The van der Waals surface area contributed by atoms with Crippen LogP contribution in [0.15, 0.2) is 60.8 Å². The summed E-state index contributed by atoms with van der Waals surface area (Å²) >= 11 is 0. The van der Waals surface area contributed by atoms with Gasteiger partial charge in [-0.05, 0) is 48.5 Å². The van der Waals surface area contributed by atoms with Gasteiger partial charge >= 0.3 is 0 Å². The molecule has 31 heavy (non-hydrogen) atoms. The molecule has 0 radical (unpaired) electrons. The largest absolute Gasteiger partial charge is 0.366 e. The molecule has 2 N–H and O–H groups in total. The van der Waals surface area contributed by atoms with Crippen LogP contribution in [-0.4, -0.2) is 21.1 Å². The molecule has 0 atom stereocenters. The van der Waals surface area contributed by atoms with Gasteiger partial charge in [0.15, 0.2) is 5.82 Å². The number of nitrogens with zero attached hydrogens (tertiary/aromatic N) is 3. The number of rotatable bonds is 4. The Bertz CT molecular complexity index is 1330. The molecule has 9 heteroatoms. The smallest absolute Gasteiger partial charge is 0.249 e.